The van der Waals surface area contributed by atoms with Gasteiger partial charge in [0, 0.05) is 43.8 Å². The lowest BCUT2D eigenvalue weighted by atomic mass is 10.3. The Hall–Kier alpha value is -2.08. The number of rotatable bonds is 4. The summed E-state index contributed by atoms with van der Waals surface area (Å²) in [6.45, 7) is 1.52. The molecule has 0 aliphatic carbocycles. The van der Waals surface area contributed by atoms with Gasteiger partial charge in [0.2, 0.25) is 5.91 Å². The standard InChI is InChI=1S/C14H15ClN4O2/c15-12-8-16-5-2-13(12)21-11-3-7-18(9-11)14(20)10-19-6-1-4-17-19/h1-2,4-6,8,11H,3,7,9-10H2/t11-/m1/s1. The molecule has 0 radical (unpaired) electrons. The van der Waals surface area contributed by atoms with E-state index < -0.39 is 0 Å². The fraction of sp³-hybridized carbons (Fsp3) is 0.357. The van der Waals surface area contributed by atoms with Crippen LogP contribution in [0.5, 0.6) is 5.75 Å². The van der Waals surface area contributed by atoms with Crippen molar-refractivity contribution in [3.63, 3.8) is 0 Å². The Morgan fingerprint density at radius 3 is 3.14 bits per heavy atom. The van der Waals surface area contributed by atoms with E-state index in [9.17, 15) is 4.79 Å². The van der Waals surface area contributed by atoms with Gasteiger partial charge in [-0.3, -0.25) is 14.5 Å². The Bertz CT molecular complexity index is 617. The van der Waals surface area contributed by atoms with Gasteiger partial charge in [-0.1, -0.05) is 11.6 Å². The van der Waals surface area contributed by atoms with Gasteiger partial charge in [-0.15, -0.1) is 0 Å². The summed E-state index contributed by atoms with van der Waals surface area (Å²) in [5, 5.41) is 4.52. The van der Waals surface area contributed by atoms with E-state index in [4.69, 9.17) is 16.3 Å². The lowest BCUT2D eigenvalue weighted by Crippen LogP contribution is -2.33. The minimum atomic E-state index is -0.0357. The van der Waals surface area contributed by atoms with Crippen LogP contribution in [-0.2, 0) is 11.3 Å². The number of hydrogen-bond acceptors (Lipinski definition) is 4. The lowest BCUT2D eigenvalue weighted by molar-refractivity contribution is -0.131. The van der Waals surface area contributed by atoms with Crippen LogP contribution in [0.15, 0.2) is 36.9 Å². The summed E-state index contributed by atoms with van der Waals surface area (Å²) in [5.41, 5.74) is 0. The summed E-state index contributed by atoms with van der Waals surface area (Å²) in [5.74, 6) is 0.656. The normalized spacial score (nSPS) is 18.0. The second kappa shape index (κ2) is 6.13. The maximum absolute atomic E-state index is 12.2. The highest BCUT2D eigenvalue weighted by atomic mass is 35.5. The summed E-state index contributed by atoms with van der Waals surface area (Å²) in [7, 11) is 0. The molecule has 1 saturated heterocycles. The van der Waals surface area contributed by atoms with E-state index in [2.05, 4.69) is 10.1 Å². The number of ether oxygens (including phenoxy) is 1. The third-order valence-electron chi connectivity index (χ3n) is 3.38. The number of pyridine rings is 1. The van der Waals surface area contributed by atoms with Crippen molar-refractivity contribution in [2.75, 3.05) is 13.1 Å². The molecule has 0 spiro atoms. The van der Waals surface area contributed by atoms with Crippen LogP contribution in [0.4, 0.5) is 0 Å². The minimum absolute atomic E-state index is 0.0357. The van der Waals surface area contributed by atoms with Gasteiger partial charge in [-0.2, -0.15) is 5.10 Å². The van der Waals surface area contributed by atoms with E-state index in [1.54, 1.807) is 46.5 Å². The molecule has 110 valence electrons. The van der Waals surface area contributed by atoms with Crippen molar-refractivity contribution < 1.29 is 9.53 Å². The third-order valence-corrected chi connectivity index (χ3v) is 3.67. The predicted octanol–water partition coefficient (Wildman–Crippen LogP) is 1.61. The molecule has 1 amide bonds. The molecule has 1 aliphatic rings. The van der Waals surface area contributed by atoms with Crippen molar-refractivity contribution in [2.24, 2.45) is 0 Å². The summed E-state index contributed by atoms with van der Waals surface area (Å²) in [4.78, 5) is 17.9. The van der Waals surface area contributed by atoms with E-state index in [0.29, 0.717) is 23.9 Å². The lowest BCUT2D eigenvalue weighted by Gasteiger charge is -2.17. The van der Waals surface area contributed by atoms with Crippen molar-refractivity contribution >= 4 is 17.5 Å². The van der Waals surface area contributed by atoms with E-state index in [-0.39, 0.29) is 18.6 Å². The van der Waals surface area contributed by atoms with E-state index in [1.807, 2.05) is 0 Å². The number of nitrogens with zero attached hydrogens (tertiary/aromatic N) is 4. The van der Waals surface area contributed by atoms with Crippen LogP contribution in [0.2, 0.25) is 5.02 Å². The molecule has 7 heteroatoms. The first-order valence-corrected chi connectivity index (χ1v) is 7.11. The molecule has 1 atom stereocenters. The zero-order valence-corrected chi connectivity index (χ0v) is 12.1. The fourth-order valence-electron chi connectivity index (χ4n) is 2.32. The van der Waals surface area contributed by atoms with Crippen LogP contribution in [0, 0.1) is 0 Å². The summed E-state index contributed by atoms with van der Waals surface area (Å²) in [6, 6.07) is 3.53. The first-order chi connectivity index (χ1) is 10.2. The van der Waals surface area contributed by atoms with Crippen LogP contribution in [-0.4, -0.2) is 44.8 Å². The molecule has 0 bridgehead atoms. The number of hydrogen-bond donors (Lipinski definition) is 0. The summed E-state index contributed by atoms with van der Waals surface area (Å²) < 4.78 is 7.45. The number of likely N-dealkylation sites (tertiary alicyclic amines) is 1. The molecule has 2 aromatic rings. The van der Waals surface area contributed by atoms with Gasteiger partial charge in [0.15, 0.2) is 0 Å². The largest absolute Gasteiger partial charge is 0.487 e. The molecular formula is C14H15ClN4O2. The first kappa shape index (κ1) is 13.9. The maximum atomic E-state index is 12.2. The molecular weight excluding hydrogens is 292 g/mol. The maximum Gasteiger partial charge on any atom is 0.244 e. The molecule has 1 aliphatic heterocycles. The number of carbonyl (C=O) groups is 1. The highest BCUT2D eigenvalue weighted by Crippen LogP contribution is 2.25. The molecule has 6 nitrogen and oxygen atoms in total. The quantitative estimate of drug-likeness (QED) is 0.861. The highest BCUT2D eigenvalue weighted by Gasteiger charge is 2.28. The Morgan fingerprint density at radius 1 is 1.48 bits per heavy atom. The van der Waals surface area contributed by atoms with Crippen LogP contribution in [0.25, 0.3) is 0 Å². The van der Waals surface area contributed by atoms with Gasteiger partial charge in [-0.25, -0.2) is 0 Å². The van der Waals surface area contributed by atoms with Gasteiger partial charge in [0.25, 0.3) is 0 Å². The second-order valence-electron chi connectivity index (χ2n) is 4.88. The minimum Gasteiger partial charge on any atom is -0.487 e. The first-order valence-electron chi connectivity index (χ1n) is 6.74. The van der Waals surface area contributed by atoms with Crippen molar-refractivity contribution in [3.05, 3.63) is 41.9 Å². The molecule has 3 rings (SSSR count). The number of amides is 1. The topological polar surface area (TPSA) is 60.2 Å². The summed E-state index contributed by atoms with van der Waals surface area (Å²) >= 11 is 6.02. The number of aromatic nitrogens is 3. The van der Waals surface area contributed by atoms with Crippen LogP contribution in [0.1, 0.15) is 6.42 Å². The van der Waals surface area contributed by atoms with Gasteiger partial charge < -0.3 is 9.64 Å². The molecule has 3 heterocycles. The SMILES string of the molecule is O=C(Cn1cccn1)N1CC[C@@H](Oc2ccncc2Cl)C1. The predicted molar refractivity (Wildman–Crippen MR) is 77.1 cm³/mol. The molecule has 0 unspecified atom stereocenters. The Balaban J connectivity index is 1.56. The van der Waals surface area contributed by atoms with Crippen molar-refractivity contribution in [2.45, 2.75) is 19.1 Å². The Labute approximate surface area is 127 Å². The third kappa shape index (κ3) is 3.33. The van der Waals surface area contributed by atoms with E-state index in [0.717, 1.165) is 6.42 Å². The van der Waals surface area contributed by atoms with Crippen LogP contribution < -0.4 is 4.74 Å². The number of carbonyl (C=O) groups excluding carboxylic acids is 1. The second-order valence-corrected chi connectivity index (χ2v) is 5.29. The van der Waals surface area contributed by atoms with Gasteiger partial charge in [0.05, 0.1) is 6.54 Å². The van der Waals surface area contributed by atoms with E-state index in [1.165, 1.54) is 0 Å². The van der Waals surface area contributed by atoms with Gasteiger partial charge >= 0.3 is 0 Å². The van der Waals surface area contributed by atoms with Gasteiger partial charge in [0.1, 0.15) is 23.4 Å². The smallest absolute Gasteiger partial charge is 0.244 e. The molecule has 0 aromatic carbocycles. The van der Waals surface area contributed by atoms with Gasteiger partial charge in [-0.05, 0) is 6.07 Å². The fourth-order valence-corrected chi connectivity index (χ4v) is 2.48. The molecule has 0 saturated carbocycles. The monoisotopic (exact) mass is 306 g/mol. The number of halogens is 1. The summed E-state index contributed by atoms with van der Waals surface area (Å²) in [6.07, 6.45) is 7.38. The van der Waals surface area contributed by atoms with Crippen molar-refractivity contribution in [1.29, 1.82) is 0 Å². The zero-order chi connectivity index (χ0) is 14.7. The molecule has 1 fully saturated rings. The zero-order valence-electron chi connectivity index (χ0n) is 11.4. The van der Waals surface area contributed by atoms with Crippen molar-refractivity contribution in [1.82, 2.24) is 19.7 Å². The molecule has 2 aromatic heterocycles. The van der Waals surface area contributed by atoms with Crippen LogP contribution in [0.3, 0.4) is 0 Å². The molecule has 0 N–H and O–H groups in total. The average Bonchev–Trinajstić information content (AvgIpc) is 3.13. The highest BCUT2D eigenvalue weighted by molar-refractivity contribution is 6.31. The van der Waals surface area contributed by atoms with Crippen LogP contribution >= 0.6 is 11.6 Å². The van der Waals surface area contributed by atoms with Crippen molar-refractivity contribution in [3.8, 4) is 5.75 Å². The Morgan fingerprint density at radius 2 is 2.38 bits per heavy atom. The van der Waals surface area contributed by atoms with E-state index >= 15 is 0 Å². The molecule has 21 heavy (non-hydrogen) atoms. The average molecular weight is 307 g/mol. The Kier molecular flexibility index (Phi) is 4.06.